The second kappa shape index (κ2) is 12.5. The van der Waals surface area contributed by atoms with Gasteiger partial charge in [-0.1, -0.05) is 165 Å². The molecule has 0 amide bonds. The molecule has 282 valence electrons. The van der Waals surface area contributed by atoms with Crippen molar-refractivity contribution in [2.45, 2.75) is 138 Å². The van der Waals surface area contributed by atoms with Gasteiger partial charge in [-0.15, -0.1) is 0 Å². The summed E-state index contributed by atoms with van der Waals surface area (Å²) in [6, 6.07) is 31.6. The largest absolute Gasteiger partial charge is 0.335 e. The van der Waals surface area contributed by atoms with E-state index in [9.17, 15) is 0 Å². The van der Waals surface area contributed by atoms with Crippen molar-refractivity contribution < 1.29 is 0 Å². The molecule has 0 aromatic heterocycles. The van der Waals surface area contributed by atoms with Crippen LogP contribution in [-0.4, -0.2) is 12.8 Å². The number of benzene rings is 4. The Kier molecular flexibility index (Phi) is 8.88. The van der Waals surface area contributed by atoms with E-state index in [0.717, 1.165) is 0 Å². The summed E-state index contributed by atoms with van der Waals surface area (Å²) < 4.78 is 0. The van der Waals surface area contributed by atoms with Gasteiger partial charge in [0.25, 0.3) is 0 Å². The Labute approximate surface area is 328 Å². The number of hydrogen-bond donors (Lipinski definition) is 0. The van der Waals surface area contributed by atoms with Gasteiger partial charge < -0.3 is 9.80 Å². The molecule has 2 atom stereocenters. The van der Waals surface area contributed by atoms with E-state index in [0.29, 0.717) is 5.92 Å². The van der Waals surface area contributed by atoms with Gasteiger partial charge in [-0.2, -0.15) is 0 Å². The van der Waals surface area contributed by atoms with Gasteiger partial charge in [0.2, 0.25) is 6.71 Å². The first-order valence-electron chi connectivity index (χ1n) is 20.4. The second-order valence-electron chi connectivity index (χ2n) is 21.8. The van der Waals surface area contributed by atoms with Gasteiger partial charge in [0.1, 0.15) is 0 Å². The van der Waals surface area contributed by atoms with Gasteiger partial charge in [0.15, 0.2) is 0 Å². The highest BCUT2D eigenvalue weighted by Crippen LogP contribution is 2.50. The lowest BCUT2D eigenvalue weighted by atomic mass is 9.30. The van der Waals surface area contributed by atoms with E-state index < -0.39 is 0 Å². The summed E-state index contributed by atoms with van der Waals surface area (Å²) in [7, 11) is 0. The van der Waals surface area contributed by atoms with E-state index in [2.05, 4.69) is 212 Å². The molecule has 0 N–H and O–H groups in total. The molecule has 2 nitrogen and oxygen atoms in total. The van der Waals surface area contributed by atoms with Crippen LogP contribution in [0.25, 0.3) is 0 Å². The molecular formula is C51H65BN2. The molecule has 4 aromatic rings. The van der Waals surface area contributed by atoms with Crippen LogP contribution in [0.2, 0.25) is 0 Å². The van der Waals surface area contributed by atoms with Crippen LogP contribution in [0, 0.1) is 11.3 Å². The summed E-state index contributed by atoms with van der Waals surface area (Å²) in [5.74, 6) is 0.316. The number of fused-ring (bicyclic) bond motifs is 4. The Morgan fingerprint density at radius 3 is 1.44 bits per heavy atom. The molecule has 2 aliphatic heterocycles. The highest BCUT2D eigenvalue weighted by Gasteiger charge is 2.50. The zero-order valence-electron chi connectivity index (χ0n) is 36.3. The van der Waals surface area contributed by atoms with E-state index in [-0.39, 0.29) is 39.8 Å². The summed E-state index contributed by atoms with van der Waals surface area (Å²) in [4.78, 5) is 5.33. The Bertz CT molecular complexity index is 2150. The molecule has 0 saturated carbocycles. The summed E-state index contributed by atoms with van der Waals surface area (Å²) in [5, 5.41) is 0. The highest BCUT2D eigenvalue weighted by atomic mass is 15.2. The van der Waals surface area contributed by atoms with E-state index >= 15 is 0 Å². The fourth-order valence-electron chi connectivity index (χ4n) is 8.87. The summed E-state index contributed by atoms with van der Waals surface area (Å²) in [5.41, 5.74) is 17.8. The van der Waals surface area contributed by atoms with Crippen molar-refractivity contribution >= 4 is 46.1 Å². The molecule has 2 heterocycles. The van der Waals surface area contributed by atoms with Crippen molar-refractivity contribution in [3.63, 3.8) is 0 Å². The van der Waals surface area contributed by atoms with Crippen LogP contribution in [0.5, 0.6) is 0 Å². The lowest BCUT2D eigenvalue weighted by molar-refractivity contribution is 0.491. The minimum Gasteiger partial charge on any atom is -0.335 e. The molecule has 0 spiro atoms. The molecule has 7 rings (SSSR count). The van der Waals surface area contributed by atoms with Gasteiger partial charge in [0.05, 0.1) is 6.04 Å². The fourth-order valence-corrected chi connectivity index (χ4v) is 8.87. The highest BCUT2D eigenvalue weighted by molar-refractivity contribution is 6.95. The second-order valence-corrected chi connectivity index (χ2v) is 21.8. The molecule has 1 aliphatic carbocycles. The molecule has 0 fully saturated rings. The number of anilines is 5. The van der Waals surface area contributed by atoms with E-state index in [1.165, 1.54) is 72.7 Å². The summed E-state index contributed by atoms with van der Waals surface area (Å²) in [6.45, 7) is 37.7. The van der Waals surface area contributed by atoms with Crippen LogP contribution in [-0.2, 0) is 21.7 Å². The first-order chi connectivity index (χ1) is 24.9. The average molecular weight is 717 g/mol. The van der Waals surface area contributed by atoms with Crippen LogP contribution in [0.4, 0.5) is 28.4 Å². The van der Waals surface area contributed by atoms with Crippen LogP contribution in [0.3, 0.4) is 0 Å². The zero-order valence-corrected chi connectivity index (χ0v) is 36.3. The van der Waals surface area contributed by atoms with Crippen molar-refractivity contribution in [1.29, 1.82) is 0 Å². The topological polar surface area (TPSA) is 6.48 Å². The molecule has 3 aliphatic rings. The monoisotopic (exact) mass is 717 g/mol. The SMILES string of the molecule is CC1C=C(C(C)(C)C)C=C2B3c4ccc(C(C)(C)C)cc4N(c4ccc(C(C)(C)C)cc4)c4cc(C(C)(C)C)cc(c43)N(c3ccc(C(C)(C)C)cc3)C21. The lowest BCUT2D eigenvalue weighted by Gasteiger charge is -2.52. The van der Waals surface area contributed by atoms with E-state index in [1.807, 2.05) is 0 Å². The smallest absolute Gasteiger partial charge is 0.247 e. The van der Waals surface area contributed by atoms with Crippen molar-refractivity contribution in [3.8, 4) is 0 Å². The molecule has 2 unspecified atom stereocenters. The normalized spacial score (nSPS) is 18.9. The fraction of sp³-hybridized carbons (Fsp3) is 0.451. The Hall–Kier alpha value is -3.98. The molecule has 0 saturated heterocycles. The molecule has 0 radical (unpaired) electrons. The third-order valence-corrected chi connectivity index (χ3v) is 12.3. The molecule has 0 bridgehead atoms. The third kappa shape index (κ3) is 6.58. The van der Waals surface area contributed by atoms with Crippen molar-refractivity contribution in [1.82, 2.24) is 0 Å². The maximum atomic E-state index is 2.72. The standard InChI is InChI=1S/C51H65BN2/c1-32-27-36(50(11,12)13)28-41-46(32)54(39-24-19-34(20-25-39)48(5,6)7)44-31-37(51(14,15)16)30-43-45(44)52(41)40-26-21-35(49(8,9)10)29-42(40)53(43)38-22-17-33(18-23-38)47(2,3)4/h17-32,46H,1-16H3. The van der Waals surface area contributed by atoms with Crippen molar-refractivity contribution in [2.24, 2.45) is 11.3 Å². The minimum atomic E-state index is -0.0499. The summed E-state index contributed by atoms with van der Waals surface area (Å²) in [6.07, 6.45) is 5.17. The number of allylic oxidation sites excluding steroid dienone is 2. The summed E-state index contributed by atoms with van der Waals surface area (Å²) >= 11 is 0. The molecular weight excluding hydrogens is 651 g/mol. The van der Waals surface area contributed by atoms with Crippen LogP contribution < -0.4 is 20.7 Å². The van der Waals surface area contributed by atoms with E-state index in [4.69, 9.17) is 0 Å². The minimum absolute atomic E-state index is 0.0152. The third-order valence-electron chi connectivity index (χ3n) is 12.3. The Morgan fingerprint density at radius 2 is 0.944 bits per heavy atom. The first-order valence-corrected chi connectivity index (χ1v) is 20.4. The number of rotatable bonds is 2. The molecule has 4 aromatic carbocycles. The van der Waals surface area contributed by atoms with Crippen LogP contribution in [0.15, 0.2) is 102 Å². The number of nitrogens with zero attached hydrogens (tertiary/aromatic N) is 2. The first kappa shape index (κ1) is 38.3. The predicted molar refractivity (Wildman–Crippen MR) is 238 cm³/mol. The van der Waals surface area contributed by atoms with Crippen molar-refractivity contribution in [2.75, 3.05) is 9.80 Å². The van der Waals surface area contributed by atoms with E-state index in [1.54, 1.807) is 0 Å². The van der Waals surface area contributed by atoms with Gasteiger partial charge in [-0.05, 0) is 114 Å². The van der Waals surface area contributed by atoms with Gasteiger partial charge >= 0.3 is 0 Å². The van der Waals surface area contributed by atoms with Crippen LogP contribution >= 0.6 is 0 Å². The molecule has 54 heavy (non-hydrogen) atoms. The molecule has 3 heteroatoms. The maximum absolute atomic E-state index is 2.72. The van der Waals surface area contributed by atoms with Crippen LogP contribution in [0.1, 0.15) is 133 Å². The van der Waals surface area contributed by atoms with Gasteiger partial charge in [-0.3, -0.25) is 0 Å². The zero-order chi connectivity index (χ0) is 39.5. The Morgan fingerprint density at radius 1 is 0.481 bits per heavy atom. The number of hydrogen-bond acceptors (Lipinski definition) is 2. The average Bonchev–Trinajstić information content (AvgIpc) is 3.06. The Balaban J connectivity index is 1.61. The quantitative estimate of drug-likeness (QED) is 0.191. The van der Waals surface area contributed by atoms with Gasteiger partial charge in [-0.25, -0.2) is 0 Å². The lowest BCUT2D eigenvalue weighted by Crippen LogP contribution is -2.62. The van der Waals surface area contributed by atoms with Gasteiger partial charge in [0, 0.05) is 28.4 Å². The predicted octanol–water partition coefficient (Wildman–Crippen LogP) is 12.9. The maximum Gasteiger partial charge on any atom is 0.247 e. The van der Waals surface area contributed by atoms with Crippen molar-refractivity contribution in [3.05, 3.63) is 124 Å².